The first kappa shape index (κ1) is 29.8. The van der Waals surface area contributed by atoms with Crippen molar-refractivity contribution in [2.45, 2.75) is 81.6 Å². The molecule has 8 nitrogen and oxygen atoms in total. The van der Waals surface area contributed by atoms with Crippen molar-refractivity contribution in [1.82, 2.24) is 14.7 Å². The minimum atomic E-state index is -0.988. The maximum atomic E-state index is 14.2. The van der Waals surface area contributed by atoms with Crippen molar-refractivity contribution in [3.63, 3.8) is 0 Å². The van der Waals surface area contributed by atoms with Crippen LogP contribution in [-0.4, -0.2) is 81.4 Å². The molecule has 3 N–H and O–H groups in total. The molecule has 220 valence electrons. The maximum absolute atomic E-state index is 14.2. The SMILES string of the molecule is N[C@@H]1C[C@H]2C(=O)N([C@H](CCC(=O)O)C(=O)N3CCC[C@H]3c3ccc(Cl)c(Cl)c3)CCC(CCc3ccccc3)N2C1. The Labute approximate surface area is 251 Å². The molecule has 10 heteroatoms. The standard InChI is InChI=1S/C31H38Cl2N4O4/c32-24-11-9-21(17-25(24)33)26-7-4-15-35(26)30(40)27(12-13-29(38)39)36-16-14-23(10-8-20-5-2-1-3-6-20)37-19-22(34)18-28(37)31(36)41/h1-3,5-6,9,11,17,22-23,26-28H,4,7-8,10,12-16,18-19,34H2,(H,38,39)/t22-,23?,26+,27-,28+/m1/s1. The molecule has 2 aromatic rings. The van der Waals surface area contributed by atoms with Crippen LogP contribution >= 0.6 is 23.2 Å². The van der Waals surface area contributed by atoms with Crippen molar-refractivity contribution in [3.05, 3.63) is 69.7 Å². The van der Waals surface area contributed by atoms with Gasteiger partial charge < -0.3 is 20.6 Å². The molecule has 5 atom stereocenters. The summed E-state index contributed by atoms with van der Waals surface area (Å²) in [6.07, 6.45) is 4.45. The number of carboxylic acids is 1. The van der Waals surface area contributed by atoms with Gasteiger partial charge in [-0.15, -0.1) is 0 Å². The lowest BCUT2D eigenvalue weighted by Gasteiger charge is -2.36. The van der Waals surface area contributed by atoms with Crippen molar-refractivity contribution in [2.75, 3.05) is 19.6 Å². The summed E-state index contributed by atoms with van der Waals surface area (Å²) in [6.45, 7) is 1.58. The number of carbonyl (C=O) groups is 3. The second-order valence-corrected chi connectivity index (χ2v) is 12.3. The Morgan fingerprint density at radius 1 is 1.02 bits per heavy atom. The Hall–Kier alpha value is -2.65. The number of hydrogen-bond donors (Lipinski definition) is 2. The minimum absolute atomic E-state index is 0.0674. The largest absolute Gasteiger partial charge is 0.481 e. The van der Waals surface area contributed by atoms with Gasteiger partial charge in [-0.1, -0.05) is 59.6 Å². The fraction of sp³-hybridized carbons (Fsp3) is 0.516. The summed E-state index contributed by atoms with van der Waals surface area (Å²) in [7, 11) is 0. The lowest BCUT2D eigenvalue weighted by molar-refractivity contribution is -0.149. The highest BCUT2D eigenvalue weighted by Crippen LogP contribution is 2.37. The summed E-state index contributed by atoms with van der Waals surface area (Å²) in [5.41, 5.74) is 8.51. The summed E-state index contributed by atoms with van der Waals surface area (Å²) in [4.78, 5) is 45.7. The van der Waals surface area contributed by atoms with Gasteiger partial charge in [0.1, 0.15) is 6.04 Å². The van der Waals surface area contributed by atoms with Gasteiger partial charge in [0.05, 0.1) is 22.1 Å². The van der Waals surface area contributed by atoms with Gasteiger partial charge in [0.25, 0.3) is 0 Å². The van der Waals surface area contributed by atoms with Gasteiger partial charge >= 0.3 is 5.97 Å². The summed E-state index contributed by atoms with van der Waals surface area (Å²) >= 11 is 12.4. The van der Waals surface area contributed by atoms with Gasteiger partial charge in [-0.2, -0.15) is 0 Å². The van der Waals surface area contributed by atoms with Gasteiger partial charge in [-0.3, -0.25) is 19.3 Å². The molecule has 0 saturated carbocycles. The number of nitrogens with zero attached hydrogens (tertiary/aromatic N) is 3. The van der Waals surface area contributed by atoms with Gasteiger partial charge in [-0.05, 0) is 68.2 Å². The van der Waals surface area contributed by atoms with E-state index in [-0.39, 0.29) is 42.8 Å². The van der Waals surface area contributed by atoms with Crippen LogP contribution in [-0.2, 0) is 20.8 Å². The Morgan fingerprint density at radius 2 is 1.80 bits per heavy atom. The zero-order valence-electron chi connectivity index (χ0n) is 23.1. The highest BCUT2D eigenvalue weighted by molar-refractivity contribution is 6.42. The summed E-state index contributed by atoms with van der Waals surface area (Å²) in [5, 5.41) is 10.4. The van der Waals surface area contributed by atoms with Crippen molar-refractivity contribution in [2.24, 2.45) is 5.73 Å². The number of likely N-dealkylation sites (tertiary alicyclic amines) is 1. The van der Waals surface area contributed by atoms with Gasteiger partial charge in [-0.25, -0.2) is 0 Å². The molecule has 0 bridgehead atoms. The van der Waals surface area contributed by atoms with E-state index in [2.05, 4.69) is 17.0 Å². The number of carbonyl (C=O) groups excluding carboxylic acids is 2. The molecule has 0 spiro atoms. The zero-order chi connectivity index (χ0) is 29.1. The smallest absolute Gasteiger partial charge is 0.303 e. The predicted molar refractivity (Wildman–Crippen MR) is 159 cm³/mol. The maximum Gasteiger partial charge on any atom is 0.303 e. The van der Waals surface area contributed by atoms with Crippen molar-refractivity contribution in [1.29, 1.82) is 0 Å². The number of halogens is 2. The van der Waals surface area contributed by atoms with E-state index in [0.29, 0.717) is 42.5 Å². The molecule has 0 radical (unpaired) electrons. The van der Waals surface area contributed by atoms with E-state index in [4.69, 9.17) is 28.9 Å². The molecule has 3 heterocycles. The van der Waals surface area contributed by atoms with E-state index in [1.807, 2.05) is 24.3 Å². The van der Waals surface area contributed by atoms with Crippen LogP contribution in [0, 0.1) is 0 Å². The molecule has 0 aromatic heterocycles. The highest BCUT2D eigenvalue weighted by atomic mass is 35.5. The van der Waals surface area contributed by atoms with Crippen molar-refractivity contribution >= 4 is 41.0 Å². The van der Waals surface area contributed by atoms with E-state index >= 15 is 0 Å². The molecular formula is C31H38Cl2N4O4. The number of aryl methyl sites for hydroxylation is 1. The molecular weight excluding hydrogens is 563 g/mol. The zero-order valence-corrected chi connectivity index (χ0v) is 24.6. The van der Waals surface area contributed by atoms with E-state index in [9.17, 15) is 19.5 Å². The number of rotatable bonds is 9. The second kappa shape index (κ2) is 13.1. The fourth-order valence-electron chi connectivity index (χ4n) is 6.85. The molecule has 3 fully saturated rings. The van der Waals surface area contributed by atoms with Gasteiger partial charge in [0.2, 0.25) is 11.8 Å². The van der Waals surface area contributed by atoms with Crippen LogP contribution in [0.2, 0.25) is 10.0 Å². The fourth-order valence-corrected chi connectivity index (χ4v) is 7.16. The van der Waals surface area contributed by atoms with Crippen LogP contribution in [0.1, 0.15) is 62.1 Å². The first-order chi connectivity index (χ1) is 19.7. The normalized spacial score (nSPS) is 25.7. The van der Waals surface area contributed by atoms with Crippen molar-refractivity contribution < 1.29 is 19.5 Å². The number of nitrogens with two attached hydrogens (primary N) is 1. The number of benzene rings is 2. The summed E-state index contributed by atoms with van der Waals surface area (Å²) in [5.74, 6) is -1.31. The number of carboxylic acid groups (broad SMARTS) is 1. The highest BCUT2D eigenvalue weighted by Gasteiger charge is 2.47. The van der Waals surface area contributed by atoms with Crippen LogP contribution in [0.4, 0.5) is 0 Å². The Kier molecular flexibility index (Phi) is 9.54. The number of aliphatic carboxylic acids is 1. The molecule has 3 aliphatic heterocycles. The molecule has 5 rings (SSSR count). The monoisotopic (exact) mass is 600 g/mol. The van der Waals surface area contributed by atoms with E-state index in [1.54, 1.807) is 21.9 Å². The molecule has 2 amide bonds. The number of amides is 2. The first-order valence-electron chi connectivity index (χ1n) is 14.6. The van der Waals surface area contributed by atoms with E-state index in [0.717, 1.165) is 31.2 Å². The summed E-state index contributed by atoms with van der Waals surface area (Å²) in [6, 6.07) is 14.3. The van der Waals surface area contributed by atoms with Crippen LogP contribution in [0.3, 0.4) is 0 Å². The minimum Gasteiger partial charge on any atom is -0.481 e. The van der Waals surface area contributed by atoms with Gasteiger partial charge in [0.15, 0.2) is 0 Å². The van der Waals surface area contributed by atoms with Crippen LogP contribution in [0.15, 0.2) is 48.5 Å². The topological polar surface area (TPSA) is 107 Å². The van der Waals surface area contributed by atoms with Crippen molar-refractivity contribution in [3.8, 4) is 0 Å². The molecule has 3 aliphatic rings. The molecule has 1 unspecified atom stereocenters. The number of hydrogen-bond acceptors (Lipinski definition) is 5. The Morgan fingerprint density at radius 3 is 2.54 bits per heavy atom. The lowest BCUT2D eigenvalue weighted by atomic mass is 10.0. The average Bonchev–Trinajstić information content (AvgIpc) is 3.58. The lowest BCUT2D eigenvalue weighted by Crippen LogP contribution is -2.54. The van der Waals surface area contributed by atoms with Crippen LogP contribution in [0.25, 0.3) is 0 Å². The molecule has 41 heavy (non-hydrogen) atoms. The summed E-state index contributed by atoms with van der Waals surface area (Å²) < 4.78 is 0. The van der Waals surface area contributed by atoms with Crippen LogP contribution < -0.4 is 5.73 Å². The first-order valence-corrected chi connectivity index (χ1v) is 15.3. The van der Waals surface area contributed by atoms with Crippen LogP contribution in [0.5, 0.6) is 0 Å². The number of fused-ring (bicyclic) bond motifs is 1. The average molecular weight is 602 g/mol. The third-order valence-corrected chi connectivity index (χ3v) is 9.62. The van der Waals surface area contributed by atoms with Gasteiger partial charge in [0, 0.05) is 38.1 Å². The molecule has 0 aliphatic carbocycles. The van der Waals surface area contributed by atoms with E-state index in [1.165, 1.54) is 5.56 Å². The Bertz CT molecular complexity index is 1260. The third kappa shape index (κ3) is 6.72. The predicted octanol–water partition coefficient (Wildman–Crippen LogP) is 4.53. The third-order valence-electron chi connectivity index (χ3n) is 8.88. The molecule has 2 aromatic carbocycles. The quantitative estimate of drug-likeness (QED) is 0.438. The van der Waals surface area contributed by atoms with E-state index < -0.39 is 18.1 Å². The molecule has 3 saturated heterocycles. The Balaban J connectivity index is 1.40. The second-order valence-electron chi connectivity index (χ2n) is 11.5.